The highest BCUT2D eigenvalue weighted by molar-refractivity contribution is 9.10. The molecule has 6 rings (SSSR count). The molecular formula is C37H35BBr2F3N5. The summed E-state index contributed by atoms with van der Waals surface area (Å²) < 4.78 is 40.4. The van der Waals surface area contributed by atoms with Gasteiger partial charge in [-0.3, -0.25) is 15.0 Å². The average molecular weight is 777 g/mol. The van der Waals surface area contributed by atoms with Crippen LogP contribution in [-0.2, 0) is 0 Å². The smallest absolute Gasteiger partial charge is 0.177 e. The first kappa shape index (κ1) is 38.0. The molecule has 0 unspecified atom stereocenters. The molecule has 3 aromatic heterocycles. The summed E-state index contributed by atoms with van der Waals surface area (Å²) in [4.78, 5) is 12.0. The molecule has 3 heterocycles. The van der Waals surface area contributed by atoms with Crippen molar-refractivity contribution in [3.63, 3.8) is 0 Å². The Morgan fingerprint density at radius 3 is 1.52 bits per heavy atom. The molecule has 5 nitrogen and oxygen atoms in total. The van der Waals surface area contributed by atoms with Crippen LogP contribution in [0.3, 0.4) is 0 Å². The molecule has 3 aromatic carbocycles. The zero-order valence-corrected chi connectivity index (χ0v) is 29.7. The third kappa shape index (κ3) is 12.3. The van der Waals surface area contributed by atoms with Gasteiger partial charge in [0.05, 0.1) is 4.47 Å². The van der Waals surface area contributed by atoms with Crippen LogP contribution >= 0.6 is 31.9 Å². The van der Waals surface area contributed by atoms with E-state index in [4.69, 9.17) is 11.5 Å². The van der Waals surface area contributed by atoms with Gasteiger partial charge in [-0.2, -0.15) is 0 Å². The van der Waals surface area contributed by atoms with Crippen LogP contribution in [0.25, 0.3) is 22.3 Å². The van der Waals surface area contributed by atoms with Crippen molar-refractivity contribution >= 4 is 55.4 Å². The number of rotatable bonds is 5. The molecule has 0 saturated carbocycles. The number of nitrogens with zero attached hydrogens (tertiary/aromatic N) is 3. The highest BCUT2D eigenvalue weighted by Gasteiger charge is 2.10. The van der Waals surface area contributed by atoms with Crippen molar-refractivity contribution in [1.82, 2.24) is 15.0 Å². The van der Waals surface area contributed by atoms with Crippen LogP contribution in [0.15, 0.2) is 137 Å². The molecule has 6 aromatic rings. The molecule has 4 N–H and O–H groups in total. The minimum Gasteiger partial charge on any atom is -0.399 e. The Morgan fingerprint density at radius 2 is 1.06 bits per heavy atom. The highest BCUT2D eigenvalue weighted by atomic mass is 79.9. The van der Waals surface area contributed by atoms with Crippen molar-refractivity contribution in [2.24, 2.45) is 0 Å². The summed E-state index contributed by atoms with van der Waals surface area (Å²) in [5.41, 5.74) is 16.0. The summed E-state index contributed by atoms with van der Waals surface area (Å²) in [6, 6.07) is 25.1. The number of anilines is 2. The Bertz CT molecular complexity index is 1750. The molecule has 0 aliphatic carbocycles. The predicted molar refractivity (Wildman–Crippen MR) is 200 cm³/mol. The Morgan fingerprint density at radius 1 is 0.583 bits per heavy atom. The molecule has 0 saturated heterocycles. The molecule has 0 radical (unpaired) electrons. The van der Waals surface area contributed by atoms with E-state index in [1.807, 2.05) is 24.5 Å². The maximum absolute atomic E-state index is 13.4. The Kier molecular flexibility index (Phi) is 15.8. The monoisotopic (exact) mass is 775 g/mol. The number of benzene rings is 3. The number of pyridine rings is 3. The van der Waals surface area contributed by atoms with Gasteiger partial charge in [-0.1, -0.05) is 66.1 Å². The van der Waals surface area contributed by atoms with E-state index in [1.165, 1.54) is 54.5 Å². The minimum absolute atomic E-state index is 0.235. The summed E-state index contributed by atoms with van der Waals surface area (Å²) in [6.07, 6.45) is 12.8. The van der Waals surface area contributed by atoms with Crippen molar-refractivity contribution in [3.05, 3.63) is 155 Å². The Hall–Kier alpha value is -4.48. The van der Waals surface area contributed by atoms with Crippen molar-refractivity contribution in [1.29, 1.82) is 0 Å². The topological polar surface area (TPSA) is 90.7 Å². The SMILES string of the molecule is CCB(CC)c1cccnc1.Fc1ccc(Br)cc1-c1cccnc1.Nc1ccc(F)c(-c2cccnc2)c1.Nc1ccc(F)c(Br)c1. The van der Waals surface area contributed by atoms with E-state index >= 15 is 0 Å². The van der Waals surface area contributed by atoms with Crippen LogP contribution in [0.5, 0.6) is 0 Å². The van der Waals surface area contributed by atoms with E-state index in [9.17, 15) is 13.2 Å². The zero-order chi connectivity index (χ0) is 34.9. The van der Waals surface area contributed by atoms with E-state index in [-0.39, 0.29) is 17.5 Å². The number of nitrogens with two attached hydrogens (primary N) is 2. The van der Waals surface area contributed by atoms with E-state index in [1.54, 1.807) is 61.2 Å². The lowest BCUT2D eigenvalue weighted by molar-refractivity contribution is 0.621. The second kappa shape index (κ2) is 20.0. The first-order chi connectivity index (χ1) is 23.1. The van der Waals surface area contributed by atoms with Crippen LogP contribution < -0.4 is 16.9 Å². The lowest BCUT2D eigenvalue weighted by Crippen LogP contribution is -2.27. The van der Waals surface area contributed by atoms with Gasteiger partial charge in [-0.15, -0.1) is 0 Å². The second-order valence-electron chi connectivity index (χ2n) is 10.3. The molecule has 0 spiro atoms. The number of nitrogen functional groups attached to an aromatic ring is 2. The van der Waals surface area contributed by atoms with Crippen molar-refractivity contribution < 1.29 is 13.2 Å². The number of halogens is 5. The predicted octanol–water partition coefficient (Wildman–Crippen LogP) is 10.1. The summed E-state index contributed by atoms with van der Waals surface area (Å²) in [6.45, 7) is 5.14. The quantitative estimate of drug-likeness (QED) is 0.134. The third-order valence-electron chi connectivity index (χ3n) is 6.95. The lowest BCUT2D eigenvalue weighted by Gasteiger charge is -2.06. The first-order valence-corrected chi connectivity index (χ1v) is 16.6. The molecule has 0 amide bonds. The van der Waals surface area contributed by atoms with Crippen molar-refractivity contribution in [2.75, 3.05) is 11.5 Å². The summed E-state index contributed by atoms with van der Waals surface area (Å²) in [5, 5.41) is 0. The van der Waals surface area contributed by atoms with Gasteiger partial charge < -0.3 is 11.5 Å². The molecule has 48 heavy (non-hydrogen) atoms. The summed E-state index contributed by atoms with van der Waals surface area (Å²) in [7, 11) is 0. The number of aromatic nitrogens is 3. The van der Waals surface area contributed by atoms with Crippen LogP contribution in [-0.4, -0.2) is 21.7 Å². The van der Waals surface area contributed by atoms with Crippen LogP contribution in [0.4, 0.5) is 24.5 Å². The first-order valence-electron chi connectivity index (χ1n) is 15.0. The van der Waals surface area contributed by atoms with Crippen LogP contribution in [0.1, 0.15) is 13.8 Å². The fourth-order valence-corrected chi connectivity index (χ4v) is 5.17. The van der Waals surface area contributed by atoms with Gasteiger partial charge in [0.1, 0.15) is 17.5 Å². The molecular weight excluding hydrogens is 742 g/mol. The van der Waals surface area contributed by atoms with Gasteiger partial charge in [0.2, 0.25) is 0 Å². The number of hydrogen-bond donors (Lipinski definition) is 2. The van der Waals surface area contributed by atoms with E-state index in [2.05, 4.69) is 66.7 Å². The van der Waals surface area contributed by atoms with Gasteiger partial charge in [0.25, 0.3) is 0 Å². The molecule has 246 valence electrons. The molecule has 0 fully saturated rings. The van der Waals surface area contributed by atoms with E-state index in [0.717, 1.165) is 15.6 Å². The average Bonchev–Trinajstić information content (AvgIpc) is 3.11. The Balaban J connectivity index is 0.000000176. The molecule has 11 heteroatoms. The zero-order valence-electron chi connectivity index (χ0n) is 26.5. The van der Waals surface area contributed by atoms with Crippen LogP contribution in [0.2, 0.25) is 12.6 Å². The fraction of sp³-hybridized carbons (Fsp3) is 0.108. The molecule has 0 atom stereocenters. The molecule has 0 aliphatic heterocycles. The van der Waals surface area contributed by atoms with Gasteiger partial charge in [0, 0.05) is 75.3 Å². The fourth-order valence-electron chi connectivity index (χ4n) is 4.42. The van der Waals surface area contributed by atoms with Gasteiger partial charge in [-0.25, -0.2) is 13.2 Å². The third-order valence-corrected chi connectivity index (χ3v) is 8.05. The largest absolute Gasteiger partial charge is 0.399 e. The lowest BCUT2D eigenvalue weighted by atomic mass is 9.42. The van der Waals surface area contributed by atoms with Gasteiger partial charge in [0.15, 0.2) is 6.71 Å². The standard InChI is InChI=1S/C11H7BrFN.C11H9FN2.C9H14BN.C6H5BrFN/c12-9-3-4-11(13)10(6-9)8-2-1-5-14-7-8;12-11-4-3-9(13)6-10(11)8-2-1-5-14-7-8;1-3-10(4-2)9-6-5-7-11-8-9;7-5-3-4(9)1-2-6(5)8/h1-7H;1-7H,13H2;5-8H,3-4H2,1-2H3;1-3H,9H2. The summed E-state index contributed by atoms with van der Waals surface area (Å²) >= 11 is 6.30. The van der Waals surface area contributed by atoms with E-state index < -0.39 is 0 Å². The molecule has 0 aliphatic rings. The summed E-state index contributed by atoms with van der Waals surface area (Å²) in [5.74, 6) is -0.808. The normalized spacial score (nSPS) is 9.90. The second-order valence-corrected chi connectivity index (χ2v) is 12.1. The van der Waals surface area contributed by atoms with Crippen molar-refractivity contribution in [2.45, 2.75) is 26.5 Å². The van der Waals surface area contributed by atoms with Crippen molar-refractivity contribution in [3.8, 4) is 22.3 Å². The molecule has 0 bridgehead atoms. The minimum atomic E-state index is -0.288. The maximum atomic E-state index is 13.4. The van der Waals surface area contributed by atoms with Gasteiger partial charge in [-0.05, 0) is 88.7 Å². The maximum Gasteiger partial charge on any atom is 0.177 e. The van der Waals surface area contributed by atoms with E-state index in [0.29, 0.717) is 33.7 Å². The number of hydrogen-bond acceptors (Lipinski definition) is 5. The highest BCUT2D eigenvalue weighted by Crippen LogP contribution is 2.25. The Labute approximate surface area is 297 Å². The van der Waals surface area contributed by atoms with Gasteiger partial charge >= 0.3 is 0 Å². The van der Waals surface area contributed by atoms with Crippen LogP contribution in [0, 0.1) is 17.5 Å².